The molecule has 0 atom stereocenters. The lowest BCUT2D eigenvalue weighted by Crippen LogP contribution is -2.03. The Hall–Kier alpha value is -2.88. The Morgan fingerprint density at radius 3 is 2.39 bits per heavy atom. The second-order valence-electron chi connectivity index (χ2n) is 4.99. The molecule has 4 heteroatoms. The van der Waals surface area contributed by atoms with Crippen LogP contribution in [0.15, 0.2) is 54.6 Å². The molecule has 0 saturated heterocycles. The van der Waals surface area contributed by atoms with Crippen LogP contribution in [0.4, 0.5) is 0 Å². The molecule has 0 heterocycles. The van der Waals surface area contributed by atoms with E-state index in [2.05, 4.69) is 4.74 Å². The van der Waals surface area contributed by atoms with Crippen LogP contribution in [0, 0.1) is 6.92 Å². The molecule has 23 heavy (non-hydrogen) atoms. The fourth-order valence-electron chi connectivity index (χ4n) is 1.99. The number of esters is 2. The van der Waals surface area contributed by atoms with E-state index >= 15 is 0 Å². The van der Waals surface area contributed by atoms with Crippen molar-refractivity contribution in [1.82, 2.24) is 0 Å². The molecule has 0 amide bonds. The Kier molecular flexibility index (Phi) is 5.69. The summed E-state index contributed by atoms with van der Waals surface area (Å²) in [6.07, 6.45) is 3.14. The summed E-state index contributed by atoms with van der Waals surface area (Å²) < 4.78 is 9.80. The average Bonchev–Trinajstić information content (AvgIpc) is 2.59. The predicted molar refractivity (Wildman–Crippen MR) is 87.8 cm³/mol. The van der Waals surface area contributed by atoms with Gasteiger partial charge in [-0.25, -0.2) is 9.59 Å². The second kappa shape index (κ2) is 7.94. The van der Waals surface area contributed by atoms with Gasteiger partial charge in [-0.3, -0.25) is 0 Å². The molecule has 0 spiro atoms. The first-order chi connectivity index (χ1) is 11.1. The highest BCUT2D eigenvalue weighted by molar-refractivity contribution is 5.89. The average molecular weight is 310 g/mol. The van der Waals surface area contributed by atoms with Gasteiger partial charge in [0.2, 0.25) is 0 Å². The van der Waals surface area contributed by atoms with E-state index < -0.39 is 11.9 Å². The highest BCUT2D eigenvalue weighted by Crippen LogP contribution is 2.10. The minimum absolute atomic E-state index is 0.151. The number of carbonyl (C=O) groups is 2. The molecule has 0 unspecified atom stereocenters. The van der Waals surface area contributed by atoms with Gasteiger partial charge in [0.1, 0.15) is 6.61 Å². The number of hydrogen-bond donors (Lipinski definition) is 0. The van der Waals surface area contributed by atoms with Crippen LogP contribution in [0.5, 0.6) is 0 Å². The Bertz CT molecular complexity index is 714. The van der Waals surface area contributed by atoms with E-state index in [0.717, 1.165) is 16.7 Å². The number of ether oxygens (including phenoxy) is 2. The van der Waals surface area contributed by atoms with E-state index in [1.54, 1.807) is 30.3 Å². The van der Waals surface area contributed by atoms with Crippen molar-refractivity contribution < 1.29 is 19.1 Å². The maximum atomic E-state index is 11.7. The fourth-order valence-corrected chi connectivity index (χ4v) is 1.99. The first-order valence-corrected chi connectivity index (χ1v) is 7.18. The molecular formula is C19H18O4. The molecule has 2 rings (SSSR count). The highest BCUT2D eigenvalue weighted by atomic mass is 16.5. The minimum Gasteiger partial charge on any atom is -0.465 e. The Balaban J connectivity index is 1.89. The number of methoxy groups -OCH3 is 1. The molecule has 0 aliphatic heterocycles. The van der Waals surface area contributed by atoms with Crippen LogP contribution >= 0.6 is 0 Å². The highest BCUT2D eigenvalue weighted by Gasteiger charge is 2.05. The molecule has 0 N–H and O–H groups in total. The first kappa shape index (κ1) is 16.5. The topological polar surface area (TPSA) is 52.6 Å². The van der Waals surface area contributed by atoms with Gasteiger partial charge in [0, 0.05) is 6.08 Å². The van der Waals surface area contributed by atoms with Crippen LogP contribution in [-0.4, -0.2) is 19.0 Å². The second-order valence-corrected chi connectivity index (χ2v) is 4.99. The zero-order valence-electron chi connectivity index (χ0n) is 13.1. The van der Waals surface area contributed by atoms with Crippen LogP contribution in [-0.2, 0) is 20.9 Å². The quantitative estimate of drug-likeness (QED) is 0.626. The van der Waals surface area contributed by atoms with E-state index in [4.69, 9.17) is 4.74 Å². The van der Waals surface area contributed by atoms with Crippen molar-refractivity contribution in [2.45, 2.75) is 13.5 Å². The molecule has 2 aromatic rings. The minimum atomic E-state index is -0.412. The van der Waals surface area contributed by atoms with Crippen LogP contribution in [0.3, 0.4) is 0 Å². The summed E-state index contributed by atoms with van der Waals surface area (Å²) in [6.45, 7) is 2.13. The summed E-state index contributed by atoms with van der Waals surface area (Å²) in [4.78, 5) is 23.1. The molecular weight excluding hydrogens is 292 g/mol. The Morgan fingerprint density at radius 1 is 1.04 bits per heavy atom. The lowest BCUT2D eigenvalue weighted by atomic mass is 10.1. The molecule has 0 aromatic heterocycles. The third kappa shape index (κ3) is 4.81. The van der Waals surface area contributed by atoms with Gasteiger partial charge in [-0.1, -0.05) is 36.4 Å². The van der Waals surface area contributed by atoms with Gasteiger partial charge >= 0.3 is 11.9 Å². The van der Waals surface area contributed by atoms with Crippen molar-refractivity contribution >= 4 is 18.0 Å². The maximum absolute atomic E-state index is 11.7. The lowest BCUT2D eigenvalue weighted by molar-refractivity contribution is -0.138. The molecule has 0 aliphatic rings. The molecule has 0 bridgehead atoms. The number of carbonyl (C=O) groups excluding carboxylic acids is 2. The van der Waals surface area contributed by atoms with Gasteiger partial charge in [-0.15, -0.1) is 0 Å². The van der Waals surface area contributed by atoms with Gasteiger partial charge in [0.15, 0.2) is 0 Å². The van der Waals surface area contributed by atoms with E-state index in [-0.39, 0.29) is 6.61 Å². The van der Waals surface area contributed by atoms with Gasteiger partial charge in [0.25, 0.3) is 0 Å². The van der Waals surface area contributed by atoms with E-state index in [1.165, 1.54) is 13.2 Å². The van der Waals surface area contributed by atoms with Crippen molar-refractivity contribution in [3.05, 3.63) is 76.9 Å². The number of benzene rings is 2. The van der Waals surface area contributed by atoms with Crippen LogP contribution in [0.25, 0.3) is 6.08 Å². The SMILES string of the molecule is COC(=O)c1ccc(COC(=O)/C=C/c2ccccc2C)cc1. The van der Waals surface area contributed by atoms with Crippen LogP contribution in [0.1, 0.15) is 27.0 Å². The molecule has 0 fully saturated rings. The van der Waals surface area contributed by atoms with Gasteiger partial charge in [0.05, 0.1) is 12.7 Å². The summed E-state index contributed by atoms with van der Waals surface area (Å²) in [5, 5.41) is 0. The third-order valence-electron chi connectivity index (χ3n) is 3.34. The molecule has 4 nitrogen and oxygen atoms in total. The van der Waals surface area contributed by atoms with Gasteiger partial charge in [-0.05, 0) is 41.8 Å². The van der Waals surface area contributed by atoms with E-state index in [9.17, 15) is 9.59 Å². The van der Waals surface area contributed by atoms with Crippen molar-refractivity contribution in [3.8, 4) is 0 Å². The first-order valence-electron chi connectivity index (χ1n) is 7.18. The molecule has 0 saturated carbocycles. The summed E-state index contributed by atoms with van der Waals surface area (Å²) >= 11 is 0. The molecule has 0 radical (unpaired) electrons. The largest absolute Gasteiger partial charge is 0.465 e. The van der Waals surface area contributed by atoms with Crippen LogP contribution < -0.4 is 0 Å². The number of rotatable bonds is 5. The number of aryl methyl sites for hydroxylation is 1. The molecule has 2 aromatic carbocycles. The Morgan fingerprint density at radius 2 is 1.74 bits per heavy atom. The van der Waals surface area contributed by atoms with Crippen molar-refractivity contribution in [1.29, 1.82) is 0 Å². The molecule has 0 aliphatic carbocycles. The van der Waals surface area contributed by atoms with Gasteiger partial charge in [-0.2, -0.15) is 0 Å². The standard InChI is InChI=1S/C19H18O4/c1-14-5-3-4-6-16(14)11-12-18(20)23-13-15-7-9-17(10-8-15)19(21)22-2/h3-12H,13H2,1-2H3/b12-11+. The van der Waals surface area contributed by atoms with Crippen molar-refractivity contribution in [3.63, 3.8) is 0 Å². The normalized spacial score (nSPS) is 10.5. The van der Waals surface area contributed by atoms with Crippen LogP contribution in [0.2, 0.25) is 0 Å². The number of hydrogen-bond acceptors (Lipinski definition) is 4. The monoisotopic (exact) mass is 310 g/mol. The van der Waals surface area contributed by atoms with Crippen molar-refractivity contribution in [2.24, 2.45) is 0 Å². The fraction of sp³-hybridized carbons (Fsp3) is 0.158. The van der Waals surface area contributed by atoms with E-state index in [0.29, 0.717) is 5.56 Å². The van der Waals surface area contributed by atoms with Crippen molar-refractivity contribution in [2.75, 3.05) is 7.11 Å². The predicted octanol–water partition coefficient (Wildman–Crippen LogP) is 3.54. The summed E-state index contributed by atoms with van der Waals surface area (Å²) in [7, 11) is 1.33. The lowest BCUT2D eigenvalue weighted by Gasteiger charge is -2.04. The smallest absolute Gasteiger partial charge is 0.337 e. The zero-order chi connectivity index (χ0) is 16.7. The summed E-state index contributed by atoms with van der Waals surface area (Å²) in [5.41, 5.74) is 3.33. The molecule has 118 valence electrons. The third-order valence-corrected chi connectivity index (χ3v) is 3.34. The summed E-state index contributed by atoms with van der Waals surface area (Å²) in [6, 6.07) is 14.5. The Labute approximate surface area is 135 Å². The zero-order valence-corrected chi connectivity index (χ0v) is 13.1. The summed E-state index contributed by atoms with van der Waals surface area (Å²) in [5.74, 6) is -0.806. The maximum Gasteiger partial charge on any atom is 0.337 e. The van der Waals surface area contributed by atoms with Gasteiger partial charge < -0.3 is 9.47 Å². The van der Waals surface area contributed by atoms with E-state index in [1.807, 2.05) is 31.2 Å².